The van der Waals surface area contributed by atoms with Gasteiger partial charge in [-0.05, 0) is 18.2 Å². The predicted octanol–water partition coefficient (Wildman–Crippen LogP) is 0.642. The number of hydrogen-bond acceptors (Lipinski definition) is 4. The highest BCUT2D eigenvalue weighted by molar-refractivity contribution is 5.90. The second kappa shape index (κ2) is 3.73. The van der Waals surface area contributed by atoms with Gasteiger partial charge in [0.05, 0.1) is 17.8 Å². The van der Waals surface area contributed by atoms with E-state index in [1.54, 1.807) is 0 Å². The summed E-state index contributed by atoms with van der Waals surface area (Å²) in [6, 6.07) is 4.23. The summed E-state index contributed by atoms with van der Waals surface area (Å²) in [5.41, 5.74) is 0.626. The van der Waals surface area contributed by atoms with E-state index in [0.717, 1.165) is 0 Å². The fraction of sp³-hybridized carbons (Fsp3) is 0.200. The summed E-state index contributed by atoms with van der Waals surface area (Å²) in [7, 11) is 0. The molecule has 1 aromatic carbocycles. The van der Waals surface area contributed by atoms with Gasteiger partial charge in [0.15, 0.2) is 0 Å². The Bertz CT molecular complexity index is 457. The molecule has 0 aliphatic carbocycles. The second-order valence-electron chi connectivity index (χ2n) is 3.34. The zero-order valence-electron chi connectivity index (χ0n) is 8.14. The molecule has 1 aromatic rings. The minimum Gasteiger partial charge on any atom is -0.478 e. The SMILES string of the molecule is O=C(O)c1ccc2c(c1)NCC(C(=O)O)O2. The molecule has 16 heavy (non-hydrogen) atoms. The Morgan fingerprint density at radius 2 is 2.12 bits per heavy atom. The van der Waals surface area contributed by atoms with E-state index in [-0.39, 0.29) is 12.1 Å². The maximum atomic E-state index is 10.7. The zero-order valence-corrected chi connectivity index (χ0v) is 8.14. The second-order valence-corrected chi connectivity index (χ2v) is 3.34. The third kappa shape index (κ3) is 1.77. The number of carbonyl (C=O) groups is 2. The van der Waals surface area contributed by atoms with Crippen LogP contribution < -0.4 is 10.1 Å². The van der Waals surface area contributed by atoms with Crippen molar-refractivity contribution in [1.29, 1.82) is 0 Å². The number of carboxylic acid groups (broad SMARTS) is 2. The first-order valence-electron chi connectivity index (χ1n) is 4.58. The minimum absolute atomic E-state index is 0.116. The number of rotatable bonds is 2. The van der Waals surface area contributed by atoms with Crippen molar-refractivity contribution in [3.05, 3.63) is 23.8 Å². The van der Waals surface area contributed by atoms with Crippen LogP contribution in [0.5, 0.6) is 5.75 Å². The normalized spacial score (nSPS) is 17.9. The average molecular weight is 223 g/mol. The van der Waals surface area contributed by atoms with Crippen LogP contribution in [0.2, 0.25) is 0 Å². The summed E-state index contributed by atoms with van der Waals surface area (Å²) in [6.07, 6.45) is -0.942. The van der Waals surface area contributed by atoms with Gasteiger partial charge in [-0.2, -0.15) is 0 Å². The van der Waals surface area contributed by atoms with Gasteiger partial charge in [-0.1, -0.05) is 0 Å². The molecule has 0 radical (unpaired) electrons. The maximum Gasteiger partial charge on any atom is 0.346 e. The van der Waals surface area contributed by atoms with Crippen LogP contribution in [0.3, 0.4) is 0 Å². The molecule has 0 saturated carbocycles. The summed E-state index contributed by atoms with van der Waals surface area (Å²) < 4.78 is 5.17. The molecule has 0 amide bonds. The van der Waals surface area contributed by atoms with E-state index < -0.39 is 18.0 Å². The molecule has 1 atom stereocenters. The van der Waals surface area contributed by atoms with Crippen LogP contribution in [-0.4, -0.2) is 34.8 Å². The molecule has 0 aromatic heterocycles. The minimum atomic E-state index is -1.06. The van der Waals surface area contributed by atoms with E-state index in [0.29, 0.717) is 11.4 Å². The number of nitrogens with one attached hydrogen (secondary N) is 1. The number of carboxylic acids is 2. The lowest BCUT2D eigenvalue weighted by atomic mass is 10.1. The van der Waals surface area contributed by atoms with Crippen molar-refractivity contribution < 1.29 is 24.5 Å². The first-order valence-corrected chi connectivity index (χ1v) is 4.58. The van der Waals surface area contributed by atoms with Crippen molar-refractivity contribution in [2.75, 3.05) is 11.9 Å². The van der Waals surface area contributed by atoms with Gasteiger partial charge in [-0.25, -0.2) is 9.59 Å². The molecule has 1 aliphatic rings. The summed E-state index contributed by atoms with van der Waals surface area (Å²) in [4.78, 5) is 21.4. The van der Waals surface area contributed by atoms with Crippen LogP contribution in [0.15, 0.2) is 18.2 Å². The zero-order chi connectivity index (χ0) is 11.7. The number of fused-ring (bicyclic) bond motifs is 1. The summed E-state index contributed by atoms with van der Waals surface area (Å²) in [5, 5.41) is 20.3. The predicted molar refractivity (Wildman–Crippen MR) is 53.9 cm³/mol. The summed E-state index contributed by atoms with van der Waals surface area (Å²) in [6.45, 7) is 0.116. The highest BCUT2D eigenvalue weighted by Gasteiger charge is 2.25. The lowest BCUT2D eigenvalue weighted by Gasteiger charge is -2.24. The maximum absolute atomic E-state index is 10.7. The largest absolute Gasteiger partial charge is 0.478 e. The number of aromatic carboxylic acids is 1. The smallest absolute Gasteiger partial charge is 0.346 e. The van der Waals surface area contributed by atoms with E-state index in [4.69, 9.17) is 14.9 Å². The van der Waals surface area contributed by atoms with Gasteiger partial charge >= 0.3 is 11.9 Å². The van der Waals surface area contributed by atoms with Gasteiger partial charge in [0, 0.05) is 0 Å². The molecule has 1 unspecified atom stereocenters. The summed E-state index contributed by atoms with van der Waals surface area (Å²) >= 11 is 0. The molecule has 3 N–H and O–H groups in total. The van der Waals surface area contributed by atoms with Gasteiger partial charge in [-0.3, -0.25) is 0 Å². The van der Waals surface area contributed by atoms with Crippen LogP contribution in [0.25, 0.3) is 0 Å². The number of ether oxygens (including phenoxy) is 1. The lowest BCUT2D eigenvalue weighted by Crippen LogP contribution is -2.37. The Balaban J connectivity index is 2.29. The van der Waals surface area contributed by atoms with Crippen LogP contribution in [0.1, 0.15) is 10.4 Å². The third-order valence-electron chi connectivity index (χ3n) is 2.25. The molecule has 6 heteroatoms. The van der Waals surface area contributed by atoms with Crippen molar-refractivity contribution in [3.8, 4) is 5.75 Å². The van der Waals surface area contributed by atoms with E-state index in [9.17, 15) is 9.59 Å². The Kier molecular flexibility index (Phi) is 2.40. The molecule has 6 nitrogen and oxygen atoms in total. The van der Waals surface area contributed by atoms with Gasteiger partial charge in [-0.15, -0.1) is 0 Å². The molecule has 0 bridgehead atoms. The quantitative estimate of drug-likeness (QED) is 0.681. The van der Waals surface area contributed by atoms with E-state index in [1.165, 1.54) is 18.2 Å². The monoisotopic (exact) mass is 223 g/mol. The Morgan fingerprint density at radius 3 is 2.75 bits per heavy atom. The fourth-order valence-corrected chi connectivity index (χ4v) is 1.44. The van der Waals surface area contributed by atoms with Crippen LogP contribution >= 0.6 is 0 Å². The van der Waals surface area contributed by atoms with E-state index in [2.05, 4.69) is 5.32 Å². The van der Waals surface area contributed by atoms with Crippen molar-refractivity contribution in [3.63, 3.8) is 0 Å². The number of anilines is 1. The topological polar surface area (TPSA) is 95.9 Å². The summed E-state index contributed by atoms with van der Waals surface area (Å²) in [5.74, 6) is -1.74. The molecular formula is C10H9NO5. The molecule has 0 spiro atoms. The molecule has 1 aliphatic heterocycles. The van der Waals surface area contributed by atoms with E-state index in [1.807, 2.05) is 0 Å². The highest BCUT2D eigenvalue weighted by Crippen LogP contribution is 2.29. The third-order valence-corrected chi connectivity index (χ3v) is 2.25. The highest BCUT2D eigenvalue weighted by atomic mass is 16.5. The first-order chi connectivity index (χ1) is 7.58. The average Bonchev–Trinajstić information content (AvgIpc) is 2.27. The van der Waals surface area contributed by atoms with Gasteiger partial charge in [0.1, 0.15) is 5.75 Å². The molecular weight excluding hydrogens is 214 g/mol. The van der Waals surface area contributed by atoms with Crippen LogP contribution in [-0.2, 0) is 4.79 Å². The molecule has 2 rings (SSSR count). The first kappa shape index (κ1) is 10.3. The molecule has 0 saturated heterocycles. The Morgan fingerprint density at radius 1 is 1.38 bits per heavy atom. The Labute approximate surface area is 90.5 Å². The number of aliphatic carboxylic acids is 1. The van der Waals surface area contributed by atoms with Gasteiger partial charge in [0.2, 0.25) is 6.10 Å². The van der Waals surface area contributed by atoms with Crippen molar-refractivity contribution in [1.82, 2.24) is 0 Å². The van der Waals surface area contributed by atoms with E-state index >= 15 is 0 Å². The number of benzene rings is 1. The van der Waals surface area contributed by atoms with Crippen LogP contribution in [0.4, 0.5) is 5.69 Å². The molecule has 84 valence electrons. The van der Waals surface area contributed by atoms with Gasteiger partial charge < -0.3 is 20.3 Å². The number of hydrogen-bond donors (Lipinski definition) is 3. The molecule has 1 heterocycles. The molecule has 0 fully saturated rings. The standard InChI is InChI=1S/C10H9NO5/c12-9(13)5-1-2-7-6(3-5)11-4-8(16-7)10(14)15/h1-3,8,11H,4H2,(H,12,13)(H,14,15). The van der Waals surface area contributed by atoms with Gasteiger partial charge in [0.25, 0.3) is 0 Å². The van der Waals surface area contributed by atoms with Crippen molar-refractivity contribution in [2.45, 2.75) is 6.10 Å². The Hall–Kier alpha value is -2.24. The fourth-order valence-electron chi connectivity index (χ4n) is 1.44. The lowest BCUT2D eigenvalue weighted by molar-refractivity contribution is -0.144. The van der Waals surface area contributed by atoms with Crippen molar-refractivity contribution >= 4 is 17.6 Å². The van der Waals surface area contributed by atoms with Crippen LogP contribution in [0, 0.1) is 0 Å². The van der Waals surface area contributed by atoms with Crippen molar-refractivity contribution in [2.24, 2.45) is 0 Å².